The summed E-state index contributed by atoms with van der Waals surface area (Å²) in [5.41, 5.74) is 1.17. The van der Waals surface area contributed by atoms with Crippen LogP contribution >= 0.6 is 0 Å². The van der Waals surface area contributed by atoms with Gasteiger partial charge in [-0.3, -0.25) is 4.90 Å². The lowest BCUT2D eigenvalue weighted by Crippen LogP contribution is -2.44. The van der Waals surface area contributed by atoms with Crippen LogP contribution in [0.5, 0.6) is 5.88 Å². The Morgan fingerprint density at radius 3 is 2.81 bits per heavy atom. The Morgan fingerprint density at radius 2 is 2.00 bits per heavy atom. The Hall–Kier alpha value is -1.37. The van der Waals surface area contributed by atoms with Gasteiger partial charge in [-0.15, -0.1) is 0 Å². The lowest BCUT2D eigenvalue weighted by Gasteiger charge is -2.29. The Balaban J connectivity index is 1.48. The van der Waals surface area contributed by atoms with E-state index >= 15 is 0 Å². The van der Waals surface area contributed by atoms with Crippen LogP contribution in [0.15, 0.2) is 18.3 Å². The number of rotatable bonds is 5. The molecule has 0 bridgehead atoms. The van der Waals surface area contributed by atoms with E-state index in [1.807, 2.05) is 18.3 Å². The van der Waals surface area contributed by atoms with Gasteiger partial charge in [0.25, 0.3) is 0 Å². The molecule has 1 aromatic heterocycles. The van der Waals surface area contributed by atoms with Crippen LogP contribution in [-0.4, -0.2) is 75.5 Å². The Bertz CT molecular complexity index is 431. The Morgan fingerprint density at radius 1 is 1.19 bits per heavy atom. The van der Waals surface area contributed by atoms with E-state index in [-0.39, 0.29) is 0 Å². The second-order valence-electron chi connectivity index (χ2n) is 5.39. The van der Waals surface area contributed by atoms with Crippen LogP contribution in [0.2, 0.25) is 0 Å². The third-order valence-corrected chi connectivity index (χ3v) is 3.96. The maximum Gasteiger partial charge on any atom is 0.215 e. The van der Waals surface area contributed by atoms with Gasteiger partial charge in [-0.25, -0.2) is 4.98 Å². The highest BCUT2D eigenvalue weighted by molar-refractivity contribution is 5.48. The predicted molar refractivity (Wildman–Crippen MR) is 82.1 cm³/mol. The van der Waals surface area contributed by atoms with Gasteiger partial charge in [0.05, 0.1) is 13.2 Å². The molecule has 116 valence electrons. The van der Waals surface area contributed by atoms with Crippen molar-refractivity contribution < 1.29 is 9.47 Å². The fraction of sp³-hybridized carbons (Fsp3) is 0.667. The zero-order chi connectivity index (χ0) is 14.3. The second-order valence-corrected chi connectivity index (χ2v) is 5.39. The van der Waals surface area contributed by atoms with Crippen LogP contribution in [-0.2, 0) is 4.74 Å². The molecule has 0 aliphatic carbocycles. The first kappa shape index (κ1) is 14.6. The molecule has 0 unspecified atom stereocenters. The molecule has 0 aromatic carbocycles. The fourth-order valence-electron chi connectivity index (χ4n) is 2.71. The molecular weight excluding hydrogens is 268 g/mol. The van der Waals surface area contributed by atoms with E-state index in [0.717, 1.165) is 59.0 Å². The van der Waals surface area contributed by atoms with Crippen molar-refractivity contribution in [2.24, 2.45) is 0 Å². The largest absolute Gasteiger partial charge is 0.476 e. The quantitative estimate of drug-likeness (QED) is 0.837. The molecule has 0 atom stereocenters. The number of aromatic nitrogens is 1. The fourth-order valence-corrected chi connectivity index (χ4v) is 2.71. The lowest BCUT2D eigenvalue weighted by atomic mass is 10.3. The van der Waals surface area contributed by atoms with Crippen LogP contribution in [0, 0.1) is 0 Å². The molecule has 2 aliphatic rings. The van der Waals surface area contributed by atoms with Gasteiger partial charge in [0, 0.05) is 63.8 Å². The summed E-state index contributed by atoms with van der Waals surface area (Å²) in [6, 6.07) is 4.07. The third-order valence-electron chi connectivity index (χ3n) is 3.96. The minimum absolute atomic E-state index is 0.694. The smallest absolute Gasteiger partial charge is 0.215 e. The number of pyridine rings is 1. The molecule has 21 heavy (non-hydrogen) atoms. The van der Waals surface area contributed by atoms with Crippen LogP contribution in [0.4, 0.5) is 5.69 Å². The van der Waals surface area contributed by atoms with Gasteiger partial charge >= 0.3 is 0 Å². The van der Waals surface area contributed by atoms with E-state index in [9.17, 15) is 0 Å². The first-order valence-corrected chi connectivity index (χ1v) is 7.76. The number of hydrogen-bond acceptors (Lipinski definition) is 6. The highest BCUT2D eigenvalue weighted by atomic mass is 16.5. The first-order valence-electron chi connectivity index (χ1n) is 7.76. The maximum atomic E-state index is 5.81. The number of piperazine rings is 1. The summed E-state index contributed by atoms with van der Waals surface area (Å²) >= 11 is 0. The lowest BCUT2D eigenvalue weighted by molar-refractivity contribution is 0.122. The zero-order valence-electron chi connectivity index (χ0n) is 12.5. The van der Waals surface area contributed by atoms with Crippen LogP contribution in [0.1, 0.15) is 0 Å². The third kappa shape index (κ3) is 4.30. The van der Waals surface area contributed by atoms with Gasteiger partial charge < -0.3 is 19.7 Å². The monoisotopic (exact) mass is 292 g/mol. The molecule has 0 spiro atoms. The van der Waals surface area contributed by atoms with Gasteiger partial charge in [0.15, 0.2) is 0 Å². The molecule has 6 nitrogen and oxygen atoms in total. The number of morpholine rings is 1. The van der Waals surface area contributed by atoms with E-state index in [2.05, 4.69) is 20.1 Å². The Kier molecular flexibility index (Phi) is 5.26. The van der Waals surface area contributed by atoms with Crippen molar-refractivity contribution in [1.29, 1.82) is 0 Å². The van der Waals surface area contributed by atoms with E-state index in [1.54, 1.807) is 0 Å². The number of nitrogens with one attached hydrogen (secondary N) is 1. The van der Waals surface area contributed by atoms with Gasteiger partial charge in [-0.05, 0) is 6.07 Å². The number of nitrogens with zero attached hydrogens (tertiary/aromatic N) is 3. The highest BCUT2D eigenvalue weighted by Crippen LogP contribution is 2.19. The molecule has 2 aliphatic heterocycles. The average Bonchev–Trinajstić information content (AvgIpc) is 2.57. The summed E-state index contributed by atoms with van der Waals surface area (Å²) in [6.45, 7) is 9.47. The molecule has 1 aromatic rings. The van der Waals surface area contributed by atoms with Crippen LogP contribution in [0.25, 0.3) is 0 Å². The van der Waals surface area contributed by atoms with E-state index in [1.165, 1.54) is 5.69 Å². The molecule has 1 N–H and O–H groups in total. The van der Waals surface area contributed by atoms with Crippen LogP contribution < -0.4 is 15.0 Å². The number of anilines is 1. The molecule has 6 heteroatoms. The van der Waals surface area contributed by atoms with Gasteiger partial charge in [-0.2, -0.15) is 0 Å². The summed E-state index contributed by atoms with van der Waals surface area (Å²) in [6.07, 6.45) is 1.82. The molecule has 0 amide bonds. The number of hydrogen-bond donors (Lipinski definition) is 1. The molecular formula is C15H24N4O2. The number of ether oxygens (including phenoxy) is 2. The standard InChI is InChI=1S/C15H24N4O2/c1-2-17-15(13-14(1)19-8-10-20-11-9-19)21-12-7-18-5-3-16-4-6-18/h1-2,13,16H,3-12H2. The zero-order valence-corrected chi connectivity index (χ0v) is 12.5. The van der Waals surface area contributed by atoms with Crippen molar-refractivity contribution in [1.82, 2.24) is 15.2 Å². The van der Waals surface area contributed by atoms with Crippen molar-refractivity contribution in [3.05, 3.63) is 18.3 Å². The minimum atomic E-state index is 0.694. The summed E-state index contributed by atoms with van der Waals surface area (Å²) in [7, 11) is 0. The molecule has 3 heterocycles. The van der Waals surface area contributed by atoms with E-state index < -0.39 is 0 Å². The van der Waals surface area contributed by atoms with Gasteiger partial charge in [-0.1, -0.05) is 0 Å². The van der Waals surface area contributed by atoms with Gasteiger partial charge in [0.2, 0.25) is 5.88 Å². The molecule has 2 saturated heterocycles. The van der Waals surface area contributed by atoms with Crippen molar-refractivity contribution >= 4 is 5.69 Å². The first-order chi connectivity index (χ1) is 10.4. The summed E-state index contributed by atoms with van der Waals surface area (Å²) < 4.78 is 11.2. The molecule has 3 rings (SSSR count). The average molecular weight is 292 g/mol. The normalized spacial score (nSPS) is 20.5. The van der Waals surface area contributed by atoms with Crippen molar-refractivity contribution in [2.75, 3.05) is 70.5 Å². The highest BCUT2D eigenvalue weighted by Gasteiger charge is 2.12. The molecule has 0 radical (unpaired) electrons. The van der Waals surface area contributed by atoms with Crippen molar-refractivity contribution in [3.8, 4) is 5.88 Å². The summed E-state index contributed by atoms with van der Waals surface area (Å²) in [5, 5.41) is 3.36. The summed E-state index contributed by atoms with van der Waals surface area (Å²) in [4.78, 5) is 9.04. The topological polar surface area (TPSA) is 49.9 Å². The van der Waals surface area contributed by atoms with E-state index in [4.69, 9.17) is 9.47 Å². The van der Waals surface area contributed by atoms with Crippen molar-refractivity contribution in [2.45, 2.75) is 0 Å². The second kappa shape index (κ2) is 7.59. The Labute approximate surface area is 126 Å². The SMILES string of the molecule is c1cc(N2CCOCC2)cc(OCCN2CCNCC2)n1. The van der Waals surface area contributed by atoms with E-state index in [0.29, 0.717) is 12.5 Å². The predicted octanol–water partition coefficient (Wildman–Crippen LogP) is 0.202. The minimum Gasteiger partial charge on any atom is -0.476 e. The maximum absolute atomic E-state index is 5.81. The van der Waals surface area contributed by atoms with Crippen LogP contribution in [0.3, 0.4) is 0 Å². The van der Waals surface area contributed by atoms with Gasteiger partial charge in [0.1, 0.15) is 6.61 Å². The molecule has 2 fully saturated rings. The summed E-state index contributed by atoms with van der Waals surface area (Å²) in [5.74, 6) is 0.717. The molecule has 0 saturated carbocycles. The van der Waals surface area contributed by atoms with Crippen molar-refractivity contribution in [3.63, 3.8) is 0 Å².